The summed E-state index contributed by atoms with van der Waals surface area (Å²) in [6.45, 7) is 4.97. The monoisotopic (exact) mass is 277 g/mol. The van der Waals surface area contributed by atoms with Gasteiger partial charge in [0, 0.05) is 11.3 Å². The number of Topliss-reactive ketones (excluding diaryl/α,β-unsaturated/α-hetero) is 1. The summed E-state index contributed by atoms with van der Waals surface area (Å²) in [6, 6.07) is 6.54. The molecule has 0 aromatic heterocycles. The lowest BCUT2D eigenvalue weighted by Crippen LogP contribution is -2.29. The highest BCUT2D eigenvalue weighted by atomic mass is 32.2. The summed E-state index contributed by atoms with van der Waals surface area (Å²) in [5, 5.41) is 1.24. The minimum absolute atomic E-state index is 0.0453. The summed E-state index contributed by atoms with van der Waals surface area (Å²) >= 11 is 0. The van der Waals surface area contributed by atoms with Crippen molar-refractivity contribution < 1.29 is 13.2 Å². The highest BCUT2D eigenvalue weighted by Gasteiger charge is 2.25. The fraction of sp³-hybridized carbons (Fsp3) is 0.214. The van der Waals surface area contributed by atoms with Gasteiger partial charge < -0.3 is 0 Å². The highest BCUT2D eigenvalue weighted by molar-refractivity contribution is 7.95. The van der Waals surface area contributed by atoms with Crippen molar-refractivity contribution in [3.05, 3.63) is 52.6 Å². The van der Waals surface area contributed by atoms with Crippen molar-refractivity contribution in [2.24, 2.45) is 0 Å². The quantitative estimate of drug-likeness (QED) is 0.781. The van der Waals surface area contributed by atoms with Crippen molar-refractivity contribution in [2.75, 3.05) is 4.31 Å². The Bertz CT molecular complexity index is 682. The zero-order valence-electron chi connectivity index (χ0n) is 11.0. The van der Waals surface area contributed by atoms with Crippen LogP contribution in [0, 0.1) is 0 Å². The van der Waals surface area contributed by atoms with Crippen LogP contribution in [0.3, 0.4) is 0 Å². The van der Waals surface area contributed by atoms with E-state index in [9.17, 15) is 13.2 Å². The van der Waals surface area contributed by atoms with Crippen LogP contribution < -0.4 is 4.31 Å². The number of anilines is 1. The number of sulfonamides is 1. The molecule has 0 radical (unpaired) electrons. The molecule has 4 nitrogen and oxygen atoms in total. The minimum atomic E-state index is -3.49. The number of carbonyl (C=O) groups is 1. The number of allylic oxidation sites excluding steroid dienone is 3. The molecule has 0 saturated heterocycles. The number of hydrogen-bond donors (Lipinski definition) is 0. The van der Waals surface area contributed by atoms with Crippen molar-refractivity contribution in [1.29, 1.82) is 0 Å². The van der Waals surface area contributed by atoms with Crippen LogP contribution in [-0.2, 0) is 10.0 Å². The fourth-order valence-electron chi connectivity index (χ4n) is 2.09. The molecule has 19 heavy (non-hydrogen) atoms. The van der Waals surface area contributed by atoms with Crippen LogP contribution in [0.25, 0.3) is 0 Å². The van der Waals surface area contributed by atoms with Gasteiger partial charge in [-0.15, -0.1) is 0 Å². The van der Waals surface area contributed by atoms with Crippen LogP contribution >= 0.6 is 0 Å². The first-order valence-corrected chi connectivity index (χ1v) is 7.34. The molecule has 1 heterocycles. The molecule has 0 fully saturated rings. The van der Waals surface area contributed by atoms with E-state index in [1.807, 2.05) is 0 Å². The predicted molar refractivity (Wildman–Crippen MR) is 75.4 cm³/mol. The molecule has 0 bridgehead atoms. The van der Waals surface area contributed by atoms with Gasteiger partial charge in [0.15, 0.2) is 5.78 Å². The molecule has 0 N–H and O–H groups in total. The molecule has 1 aliphatic heterocycles. The Hall–Kier alpha value is -1.88. The van der Waals surface area contributed by atoms with Crippen molar-refractivity contribution in [3.63, 3.8) is 0 Å². The third kappa shape index (κ3) is 2.61. The predicted octanol–water partition coefficient (Wildman–Crippen LogP) is 2.85. The largest absolute Gasteiger partial charge is 0.295 e. The van der Waals surface area contributed by atoms with Crippen LogP contribution in [0.2, 0.25) is 0 Å². The lowest BCUT2D eigenvalue weighted by atomic mass is 10.1. The van der Waals surface area contributed by atoms with E-state index in [0.29, 0.717) is 22.5 Å². The number of nitrogens with zero attached hydrogens (tertiary/aromatic N) is 1. The van der Waals surface area contributed by atoms with Crippen LogP contribution in [-0.4, -0.2) is 14.2 Å². The third-order valence-corrected chi connectivity index (χ3v) is 4.53. The summed E-state index contributed by atoms with van der Waals surface area (Å²) < 4.78 is 25.6. The van der Waals surface area contributed by atoms with E-state index in [0.717, 1.165) is 0 Å². The van der Waals surface area contributed by atoms with Crippen LogP contribution in [0.5, 0.6) is 0 Å². The maximum Gasteiger partial charge on any atom is 0.261 e. The van der Waals surface area contributed by atoms with Crippen molar-refractivity contribution in [3.8, 4) is 0 Å². The molecule has 0 atom stereocenters. The average Bonchev–Trinajstić information content (AvgIpc) is 2.26. The number of rotatable bonds is 2. The van der Waals surface area contributed by atoms with Gasteiger partial charge in [0.25, 0.3) is 10.0 Å². The Morgan fingerprint density at radius 2 is 1.68 bits per heavy atom. The van der Waals surface area contributed by atoms with Crippen LogP contribution in [0.15, 0.2) is 47.0 Å². The molecule has 1 aliphatic rings. The number of carbonyl (C=O) groups excluding carboxylic acids is 1. The zero-order valence-corrected chi connectivity index (χ0v) is 11.9. The lowest BCUT2D eigenvalue weighted by Gasteiger charge is -2.26. The maximum atomic E-state index is 12.2. The standard InChI is InChI=1S/C14H15NO3S/c1-10-8-11(2)15(19(17,18)9-10)14-6-4-13(5-7-14)12(3)16/h4-9H,1-3H3. The first kappa shape index (κ1) is 13.5. The Kier molecular flexibility index (Phi) is 3.32. The SMILES string of the molecule is CC(=O)c1ccc(N2C(C)=CC(C)=CS2(=O)=O)cc1. The van der Waals surface area contributed by atoms with Gasteiger partial charge in [0.2, 0.25) is 0 Å². The van der Waals surface area contributed by atoms with E-state index < -0.39 is 10.0 Å². The summed E-state index contributed by atoms with van der Waals surface area (Å²) in [4.78, 5) is 11.2. The maximum absolute atomic E-state index is 12.2. The Morgan fingerprint density at radius 1 is 1.11 bits per heavy atom. The van der Waals surface area contributed by atoms with Gasteiger partial charge in [-0.2, -0.15) is 0 Å². The first-order valence-electron chi connectivity index (χ1n) is 5.84. The third-order valence-electron chi connectivity index (χ3n) is 2.85. The van der Waals surface area contributed by atoms with Gasteiger partial charge in [-0.3, -0.25) is 4.79 Å². The lowest BCUT2D eigenvalue weighted by molar-refractivity contribution is 0.101. The van der Waals surface area contributed by atoms with Gasteiger partial charge in [-0.25, -0.2) is 12.7 Å². The molecule has 0 saturated carbocycles. The van der Waals surface area contributed by atoms with Gasteiger partial charge in [-0.1, -0.05) is 0 Å². The molecular formula is C14H15NO3S. The summed E-state index contributed by atoms with van der Waals surface area (Å²) in [5.74, 6) is -0.0453. The normalized spacial score (nSPS) is 17.7. The Morgan fingerprint density at radius 3 is 2.16 bits per heavy atom. The zero-order chi connectivity index (χ0) is 14.2. The summed E-state index contributed by atoms with van der Waals surface area (Å²) in [7, 11) is -3.49. The van der Waals surface area contributed by atoms with Crippen LogP contribution in [0.1, 0.15) is 31.1 Å². The molecule has 0 aliphatic carbocycles. The molecular weight excluding hydrogens is 262 g/mol. The second-order valence-electron chi connectivity index (χ2n) is 4.56. The molecule has 2 rings (SSSR count). The Labute approximate surface area is 113 Å². The van der Waals surface area contributed by atoms with Gasteiger partial charge in [-0.05, 0) is 56.7 Å². The number of hydrogen-bond acceptors (Lipinski definition) is 3. The van der Waals surface area contributed by atoms with E-state index in [-0.39, 0.29) is 5.78 Å². The van der Waals surface area contributed by atoms with Crippen molar-refractivity contribution in [2.45, 2.75) is 20.8 Å². The molecule has 5 heteroatoms. The topological polar surface area (TPSA) is 54.5 Å². The smallest absolute Gasteiger partial charge is 0.261 e. The summed E-state index contributed by atoms with van der Waals surface area (Å²) in [5.41, 5.74) is 2.43. The molecule has 0 unspecified atom stereocenters. The molecule has 1 aromatic carbocycles. The number of ketones is 1. The molecule has 1 aromatic rings. The minimum Gasteiger partial charge on any atom is -0.295 e. The highest BCUT2D eigenvalue weighted by Crippen LogP contribution is 2.28. The Balaban J connectivity index is 2.47. The van der Waals surface area contributed by atoms with E-state index in [2.05, 4.69) is 0 Å². The van der Waals surface area contributed by atoms with E-state index >= 15 is 0 Å². The van der Waals surface area contributed by atoms with E-state index in [1.165, 1.54) is 16.6 Å². The fourth-order valence-corrected chi connectivity index (χ4v) is 3.61. The van der Waals surface area contributed by atoms with Gasteiger partial charge >= 0.3 is 0 Å². The summed E-state index contributed by atoms with van der Waals surface area (Å²) in [6.07, 6.45) is 1.81. The van der Waals surface area contributed by atoms with E-state index in [4.69, 9.17) is 0 Å². The van der Waals surface area contributed by atoms with E-state index in [1.54, 1.807) is 44.2 Å². The molecule has 0 spiro atoms. The molecule has 0 amide bonds. The first-order chi connectivity index (χ1) is 8.81. The van der Waals surface area contributed by atoms with Crippen molar-refractivity contribution in [1.82, 2.24) is 0 Å². The number of benzene rings is 1. The van der Waals surface area contributed by atoms with Gasteiger partial charge in [0.05, 0.1) is 11.1 Å². The second-order valence-corrected chi connectivity index (χ2v) is 6.19. The van der Waals surface area contributed by atoms with Crippen LogP contribution in [0.4, 0.5) is 5.69 Å². The van der Waals surface area contributed by atoms with Crippen molar-refractivity contribution >= 4 is 21.5 Å². The second kappa shape index (κ2) is 4.66. The van der Waals surface area contributed by atoms with Gasteiger partial charge in [0.1, 0.15) is 0 Å². The average molecular weight is 277 g/mol. The molecule has 100 valence electrons.